The lowest BCUT2D eigenvalue weighted by molar-refractivity contribution is -0.131. The summed E-state index contributed by atoms with van der Waals surface area (Å²) in [4.78, 5) is 13.5. The summed E-state index contributed by atoms with van der Waals surface area (Å²) < 4.78 is 36.2. The molecular weight excluding hydrogens is 281 g/mol. The highest BCUT2D eigenvalue weighted by Crippen LogP contribution is 2.14. The van der Waals surface area contributed by atoms with Gasteiger partial charge < -0.3 is 4.90 Å². The first kappa shape index (κ1) is 16.6. The van der Waals surface area contributed by atoms with E-state index in [1.807, 2.05) is 13.8 Å². The number of hydrogen-bond acceptors (Lipinski definition) is 3. The van der Waals surface area contributed by atoms with Gasteiger partial charge in [0.05, 0.1) is 0 Å². The number of carbonyl (C=O) groups excluding carboxylic acids is 1. The number of sulfone groups is 1. The first-order valence-corrected chi connectivity index (χ1v) is 8.51. The molecule has 0 aromatic heterocycles. The number of benzene rings is 1. The average Bonchev–Trinajstić information content (AvgIpc) is 2.34. The van der Waals surface area contributed by atoms with Crippen molar-refractivity contribution in [1.82, 2.24) is 4.90 Å². The fourth-order valence-corrected chi connectivity index (χ4v) is 2.44. The zero-order valence-corrected chi connectivity index (χ0v) is 12.8. The molecule has 1 aromatic carbocycles. The largest absolute Gasteiger partial charge is 0.335 e. The standard InChI is InChI=1S/C14H20FNO3S/c1-4-11(2)16(14(17)10-20(3,18)19)9-12-7-5-6-8-13(12)15/h5-8,11H,4,9-10H2,1-3H3/t11-/m0/s1. The predicted molar refractivity (Wildman–Crippen MR) is 76.4 cm³/mol. The van der Waals surface area contributed by atoms with E-state index in [0.717, 1.165) is 6.26 Å². The third-order valence-electron chi connectivity index (χ3n) is 3.13. The third kappa shape index (κ3) is 4.92. The fraction of sp³-hybridized carbons (Fsp3) is 0.500. The van der Waals surface area contributed by atoms with E-state index in [2.05, 4.69) is 0 Å². The van der Waals surface area contributed by atoms with Crippen LogP contribution >= 0.6 is 0 Å². The molecule has 0 radical (unpaired) electrons. The molecule has 1 amide bonds. The van der Waals surface area contributed by atoms with Gasteiger partial charge in [-0.05, 0) is 19.4 Å². The van der Waals surface area contributed by atoms with Crippen LogP contribution in [0.25, 0.3) is 0 Å². The molecule has 0 heterocycles. The van der Waals surface area contributed by atoms with Crippen LogP contribution in [0.4, 0.5) is 4.39 Å². The molecule has 6 heteroatoms. The lowest BCUT2D eigenvalue weighted by Gasteiger charge is -2.28. The maximum atomic E-state index is 13.7. The van der Waals surface area contributed by atoms with E-state index >= 15 is 0 Å². The molecule has 0 aliphatic heterocycles. The first-order valence-electron chi connectivity index (χ1n) is 6.45. The zero-order valence-electron chi connectivity index (χ0n) is 12.0. The Balaban J connectivity index is 2.96. The van der Waals surface area contributed by atoms with Gasteiger partial charge in [-0.3, -0.25) is 4.79 Å². The molecule has 1 rings (SSSR count). The quantitative estimate of drug-likeness (QED) is 0.807. The second-order valence-corrected chi connectivity index (χ2v) is 7.08. The van der Waals surface area contributed by atoms with Crippen LogP contribution in [0, 0.1) is 5.82 Å². The van der Waals surface area contributed by atoms with Gasteiger partial charge in [0.25, 0.3) is 0 Å². The van der Waals surface area contributed by atoms with Gasteiger partial charge in [0.1, 0.15) is 11.6 Å². The molecule has 20 heavy (non-hydrogen) atoms. The Labute approximate surface area is 119 Å². The maximum absolute atomic E-state index is 13.7. The van der Waals surface area contributed by atoms with Crippen LogP contribution in [0.3, 0.4) is 0 Å². The molecule has 0 saturated heterocycles. The van der Waals surface area contributed by atoms with Crippen LogP contribution in [-0.2, 0) is 21.2 Å². The minimum Gasteiger partial charge on any atom is -0.335 e. The Morgan fingerprint density at radius 3 is 2.45 bits per heavy atom. The molecule has 0 N–H and O–H groups in total. The van der Waals surface area contributed by atoms with E-state index < -0.39 is 27.3 Å². The Morgan fingerprint density at radius 1 is 1.35 bits per heavy atom. The minimum atomic E-state index is -3.40. The number of carbonyl (C=O) groups is 1. The SMILES string of the molecule is CC[C@H](C)N(Cc1ccccc1F)C(=O)CS(C)(=O)=O. The summed E-state index contributed by atoms with van der Waals surface area (Å²) in [5, 5.41) is 0. The smallest absolute Gasteiger partial charge is 0.238 e. The highest BCUT2D eigenvalue weighted by Gasteiger charge is 2.23. The lowest BCUT2D eigenvalue weighted by atomic mass is 10.1. The fourth-order valence-electron chi connectivity index (χ4n) is 1.83. The summed E-state index contributed by atoms with van der Waals surface area (Å²) in [5.41, 5.74) is 0.384. The number of hydrogen-bond donors (Lipinski definition) is 0. The molecule has 0 fully saturated rings. The van der Waals surface area contributed by atoms with Gasteiger partial charge in [0, 0.05) is 24.4 Å². The monoisotopic (exact) mass is 301 g/mol. The second kappa shape index (κ2) is 6.83. The molecule has 0 unspecified atom stereocenters. The van der Waals surface area contributed by atoms with E-state index in [1.165, 1.54) is 11.0 Å². The maximum Gasteiger partial charge on any atom is 0.238 e. The summed E-state index contributed by atoms with van der Waals surface area (Å²) in [6, 6.07) is 6.03. The number of nitrogens with zero attached hydrogens (tertiary/aromatic N) is 1. The number of rotatable bonds is 6. The number of halogens is 1. The van der Waals surface area contributed by atoms with Gasteiger partial charge in [-0.25, -0.2) is 12.8 Å². The predicted octanol–water partition coefficient (Wildman–Crippen LogP) is 2.00. The van der Waals surface area contributed by atoms with Crippen molar-refractivity contribution < 1.29 is 17.6 Å². The van der Waals surface area contributed by atoms with Crippen LogP contribution in [0.15, 0.2) is 24.3 Å². The normalized spacial score (nSPS) is 13.0. The molecule has 1 aromatic rings. The van der Waals surface area contributed by atoms with Crippen molar-refractivity contribution in [2.75, 3.05) is 12.0 Å². The zero-order chi connectivity index (χ0) is 15.3. The van der Waals surface area contributed by atoms with Gasteiger partial charge in [-0.15, -0.1) is 0 Å². The Hall–Kier alpha value is -1.43. The van der Waals surface area contributed by atoms with Crippen LogP contribution < -0.4 is 0 Å². The topological polar surface area (TPSA) is 54.5 Å². The van der Waals surface area contributed by atoms with Crippen LogP contribution in [0.2, 0.25) is 0 Å². The highest BCUT2D eigenvalue weighted by molar-refractivity contribution is 7.91. The van der Waals surface area contributed by atoms with Crippen molar-refractivity contribution in [3.05, 3.63) is 35.6 Å². The van der Waals surface area contributed by atoms with Gasteiger partial charge in [-0.1, -0.05) is 25.1 Å². The van der Waals surface area contributed by atoms with Gasteiger partial charge >= 0.3 is 0 Å². The Bertz CT molecular complexity index is 572. The van der Waals surface area contributed by atoms with Crippen molar-refractivity contribution in [2.24, 2.45) is 0 Å². The van der Waals surface area contributed by atoms with Gasteiger partial charge in [0.15, 0.2) is 9.84 Å². The van der Waals surface area contributed by atoms with Crippen molar-refractivity contribution in [3.8, 4) is 0 Å². The summed E-state index contributed by atoms with van der Waals surface area (Å²) in [6.07, 6.45) is 1.69. The summed E-state index contributed by atoms with van der Waals surface area (Å²) in [6.45, 7) is 3.80. The summed E-state index contributed by atoms with van der Waals surface area (Å²) >= 11 is 0. The van der Waals surface area contributed by atoms with Gasteiger partial charge in [-0.2, -0.15) is 0 Å². The minimum absolute atomic E-state index is 0.0794. The van der Waals surface area contributed by atoms with Gasteiger partial charge in [0.2, 0.25) is 5.91 Å². The molecule has 0 saturated carbocycles. The van der Waals surface area contributed by atoms with E-state index in [-0.39, 0.29) is 12.6 Å². The third-order valence-corrected chi connectivity index (χ3v) is 3.90. The lowest BCUT2D eigenvalue weighted by Crippen LogP contribution is -2.41. The molecule has 0 spiro atoms. The highest BCUT2D eigenvalue weighted by atomic mass is 32.2. The molecule has 1 atom stereocenters. The van der Waals surface area contributed by atoms with Crippen molar-refractivity contribution >= 4 is 15.7 Å². The number of amides is 1. The Morgan fingerprint density at radius 2 is 1.95 bits per heavy atom. The average molecular weight is 301 g/mol. The van der Waals surface area contributed by atoms with Crippen molar-refractivity contribution in [2.45, 2.75) is 32.9 Å². The first-order chi connectivity index (χ1) is 9.24. The van der Waals surface area contributed by atoms with Crippen molar-refractivity contribution in [3.63, 3.8) is 0 Å². The molecule has 4 nitrogen and oxygen atoms in total. The molecular formula is C14H20FNO3S. The Kier molecular flexibility index (Phi) is 5.68. The summed E-state index contributed by atoms with van der Waals surface area (Å²) in [7, 11) is -3.40. The molecule has 0 aliphatic rings. The van der Waals surface area contributed by atoms with E-state index in [0.29, 0.717) is 12.0 Å². The molecule has 0 bridgehead atoms. The van der Waals surface area contributed by atoms with Crippen LogP contribution in [0.1, 0.15) is 25.8 Å². The van der Waals surface area contributed by atoms with E-state index in [1.54, 1.807) is 18.2 Å². The second-order valence-electron chi connectivity index (χ2n) is 4.94. The molecule has 112 valence electrons. The van der Waals surface area contributed by atoms with E-state index in [9.17, 15) is 17.6 Å². The summed E-state index contributed by atoms with van der Waals surface area (Å²) in [5.74, 6) is -1.44. The van der Waals surface area contributed by atoms with E-state index in [4.69, 9.17) is 0 Å². The van der Waals surface area contributed by atoms with Crippen LogP contribution in [0.5, 0.6) is 0 Å². The molecule has 0 aliphatic carbocycles. The van der Waals surface area contributed by atoms with Crippen molar-refractivity contribution in [1.29, 1.82) is 0 Å². The van der Waals surface area contributed by atoms with Crippen LogP contribution in [-0.4, -0.2) is 37.3 Å².